The summed E-state index contributed by atoms with van der Waals surface area (Å²) in [7, 11) is 0. The zero-order valence-corrected chi connectivity index (χ0v) is 12.7. The third-order valence-electron chi connectivity index (χ3n) is 2.88. The van der Waals surface area contributed by atoms with Crippen molar-refractivity contribution in [1.82, 2.24) is 0 Å². The van der Waals surface area contributed by atoms with Crippen LogP contribution in [0, 0.1) is 25.1 Å². The van der Waals surface area contributed by atoms with Crippen molar-refractivity contribution >= 4 is 21.8 Å². The molecular weight excluding hydrogens is 323 g/mol. The second-order valence-corrected chi connectivity index (χ2v) is 5.29. The van der Waals surface area contributed by atoms with Crippen LogP contribution in [0.5, 0.6) is 11.5 Å². The number of benzene rings is 2. The van der Waals surface area contributed by atoms with Gasteiger partial charge in [0.1, 0.15) is 23.2 Å². The van der Waals surface area contributed by atoms with Crippen molar-refractivity contribution in [2.24, 2.45) is 5.73 Å². The van der Waals surface area contributed by atoms with Gasteiger partial charge in [0.25, 0.3) is 0 Å². The zero-order chi connectivity index (χ0) is 14.9. The normalized spacial score (nSPS) is 10.4. The molecule has 3 nitrogen and oxygen atoms in total. The van der Waals surface area contributed by atoms with E-state index in [1.54, 1.807) is 6.07 Å². The molecule has 0 aliphatic heterocycles. The molecule has 0 fully saturated rings. The molecule has 0 saturated heterocycles. The van der Waals surface area contributed by atoms with Gasteiger partial charge in [-0.2, -0.15) is 0 Å². The van der Waals surface area contributed by atoms with Crippen molar-refractivity contribution in [3.63, 3.8) is 0 Å². The first-order valence-electron chi connectivity index (χ1n) is 5.97. The van der Waals surface area contributed by atoms with E-state index in [9.17, 15) is 4.39 Å². The maximum Gasteiger partial charge on any atom is 0.141 e. The number of nitrogen functional groups attached to an aromatic ring is 1. The number of halogens is 2. The molecule has 0 radical (unpaired) electrons. The minimum absolute atomic E-state index is 0.0225. The maximum absolute atomic E-state index is 13.7. The van der Waals surface area contributed by atoms with Crippen LogP contribution < -0.4 is 10.5 Å². The number of hydrogen-bond acceptors (Lipinski definition) is 2. The molecule has 5 heteroatoms. The first-order chi connectivity index (χ1) is 9.40. The molecule has 2 aromatic carbocycles. The van der Waals surface area contributed by atoms with Gasteiger partial charge in [-0.25, -0.2) is 4.39 Å². The van der Waals surface area contributed by atoms with E-state index in [1.165, 1.54) is 12.1 Å². The predicted molar refractivity (Wildman–Crippen MR) is 81.1 cm³/mol. The number of rotatable bonds is 3. The molecule has 0 bridgehead atoms. The molecule has 0 spiro atoms. The molecule has 20 heavy (non-hydrogen) atoms. The second-order valence-electron chi connectivity index (χ2n) is 4.50. The Morgan fingerprint density at radius 1 is 1.25 bits per heavy atom. The smallest absolute Gasteiger partial charge is 0.141 e. The number of amidine groups is 1. The van der Waals surface area contributed by atoms with Crippen LogP contribution >= 0.6 is 15.9 Å². The molecule has 0 aliphatic rings. The standard InChI is InChI=1S/C15H14BrFN2O/c1-8-6-10(7-9(2)14(8)16)20-12-5-3-4-11(17)13(12)15(18)19/h3-7H,1-2H3,(H3,18,19). The molecule has 2 aromatic rings. The lowest BCUT2D eigenvalue weighted by Crippen LogP contribution is -2.14. The van der Waals surface area contributed by atoms with E-state index in [0.717, 1.165) is 15.6 Å². The minimum Gasteiger partial charge on any atom is -0.456 e. The van der Waals surface area contributed by atoms with Gasteiger partial charge < -0.3 is 10.5 Å². The van der Waals surface area contributed by atoms with E-state index in [0.29, 0.717) is 5.75 Å². The number of nitrogens with two attached hydrogens (primary N) is 1. The van der Waals surface area contributed by atoms with Gasteiger partial charge in [0.2, 0.25) is 0 Å². The summed E-state index contributed by atoms with van der Waals surface area (Å²) in [5, 5.41) is 7.45. The Morgan fingerprint density at radius 3 is 2.40 bits per heavy atom. The van der Waals surface area contributed by atoms with Crippen LogP contribution in [-0.2, 0) is 0 Å². The fourth-order valence-corrected chi connectivity index (χ4v) is 2.17. The summed E-state index contributed by atoms with van der Waals surface area (Å²) in [6.45, 7) is 3.89. The van der Waals surface area contributed by atoms with Crippen molar-refractivity contribution in [2.75, 3.05) is 0 Å². The van der Waals surface area contributed by atoms with Crippen LogP contribution in [0.3, 0.4) is 0 Å². The molecule has 2 rings (SSSR count). The lowest BCUT2D eigenvalue weighted by atomic mass is 10.1. The van der Waals surface area contributed by atoms with Crippen molar-refractivity contribution in [1.29, 1.82) is 5.41 Å². The number of ether oxygens (including phenoxy) is 1. The molecule has 3 N–H and O–H groups in total. The third-order valence-corrected chi connectivity index (χ3v) is 4.13. The Balaban J connectivity index is 2.45. The molecule has 0 amide bonds. The molecule has 104 valence electrons. The van der Waals surface area contributed by atoms with E-state index in [2.05, 4.69) is 15.9 Å². The zero-order valence-electron chi connectivity index (χ0n) is 11.1. The van der Waals surface area contributed by atoms with Gasteiger partial charge in [-0.3, -0.25) is 5.41 Å². The lowest BCUT2D eigenvalue weighted by molar-refractivity contribution is 0.474. The number of aryl methyl sites for hydroxylation is 2. The highest BCUT2D eigenvalue weighted by Crippen LogP contribution is 2.31. The van der Waals surface area contributed by atoms with Crippen LogP contribution in [-0.4, -0.2) is 5.84 Å². The summed E-state index contributed by atoms with van der Waals surface area (Å²) in [5.74, 6) is -0.112. The topological polar surface area (TPSA) is 59.1 Å². The van der Waals surface area contributed by atoms with E-state index in [1.807, 2.05) is 26.0 Å². The first-order valence-corrected chi connectivity index (χ1v) is 6.77. The van der Waals surface area contributed by atoms with E-state index < -0.39 is 5.82 Å². The van der Waals surface area contributed by atoms with Crippen LogP contribution in [0.15, 0.2) is 34.8 Å². The Kier molecular flexibility index (Phi) is 4.09. The molecule has 0 saturated carbocycles. The van der Waals surface area contributed by atoms with Gasteiger partial charge in [-0.1, -0.05) is 22.0 Å². The van der Waals surface area contributed by atoms with Gasteiger partial charge in [-0.05, 0) is 49.2 Å². The van der Waals surface area contributed by atoms with Gasteiger partial charge in [0.15, 0.2) is 0 Å². The molecular formula is C15H14BrFN2O. The predicted octanol–water partition coefficient (Wildman–Crippen LogP) is 4.28. The Morgan fingerprint density at radius 2 is 1.85 bits per heavy atom. The van der Waals surface area contributed by atoms with Crippen LogP contribution in [0.4, 0.5) is 4.39 Å². The summed E-state index contributed by atoms with van der Waals surface area (Å²) < 4.78 is 20.4. The fourth-order valence-electron chi connectivity index (χ4n) is 1.94. The van der Waals surface area contributed by atoms with Crippen molar-refractivity contribution in [3.05, 3.63) is 57.3 Å². The monoisotopic (exact) mass is 336 g/mol. The quantitative estimate of drug-likeness (QED) is 0.649. The summed E-state index contributed by atoms with van der Waals surface area (Å²) in [6, 6.07) is 8.04. The molecule has 0 atom stereocenters. The second kappa shape index (κ2) is 5.63. The molecule has 0 aliphatic carbocycles. The van der Waals surface area contributed by atoms with Crippen LogP contribution in [0.1, 0.15) is 16.7 Å². The number of hydrogen-bond donors (Lipinski definition) is 2. The van der Waals surface area contributed by atoms with Gasteiger partial charge in [0, 0.05) is 4.47 Å². The van der Waals surface area contributed by atoms with Gasteiger partial charge >= 0.3 is 0 Å². The summed E-state index contributed by atoms with van der Waals surface area (Å²) in [4.78, 5) is 0. The Labute approximate surface area is 125 Å². The largest absolute Gasteiger partial charge is 0.456 e. The molecule has 0 heterocycles. The van der Waals surface area contributed by atoms with E-state index in [-0.39, 0.29) is 17.1 Å². The van der Waals surface area contributed by atoms with Crippen molar-refractivity contribution in [2.45, 2.75) is 13.8 Å². The highest BCUT2D eigenvalue weighted by atomic mass is 79.9. The fraction of sp³-hybridized carbons (Fsp3) is 0.133. The summed E-state index contributed by atoms with van der Waals surface area (Å²) in [6.07, 6.45) is 0. The maximum atomic E-state index is 13.7. The average Bonchev–Trinajstić information content (AvgIpc) is 2.35. The Hall–Kier alpha value is -1.88. The third kappa shape index (κ3) is 2.82. The number of nitrogens with one attached hydrogen (secondary N) is 1. The van der Waals surface area contributed by atoms with Gasteiger partial charge in [-0.15, -0.1) is 0 Å². The minimum atomic E-state index is -0.569. The molecule has 0 aromatic heterocycles. The summed E-state index contributed by atoms with van der Waals surface area (Å²) >= 11 is 3.48. The van der Waals surface area contributed by atoms with Crippen molar-refractivity contribution < 1.29 is 9.13 Å². The highest BCUT2D eigenvalue weighted by molar-refractivity contribution is 9.10. The highest BCUT2D eigenvalue weighted by Gasteiger charge is 2.14. The molecule has 0 unspecified atom stereocenters. The lowest BCUT2D eigenvalue weighted by Gasteiger charge is -2.13. The SMILES string of the molecule is Cc1cc(Oc2cccc(F)c2C(=N)N)cc(C)c1Br. The first kappa shape index (κ1) is 14.5. The van der Waals surface area contributed by atoms with E-state index >= 15 is 0 Å². The Bertz CT molecular complexity index is 663. The average molecular weight is 337 g/mol. The van der Waals surface area contributed by atoms with Gasteiger partial charge in [0.05, 0.1) is 5.56 Å². The van der Waals surface area contributed by atoms with Crippen LogP contribution in [0.2, 0.25) is 0 Å². The van der Waals surface area contributed by atoms with Crippen molar-refractivity contribution in [3.8, 4) is 11.5 Å². The van der Waals surface area contributed by atoms with E-state index in [4.69, 9.17) is 15.9 Å². The van der Waals surface area contributed by atoms with Crippen LogP contribution in [0.25, 0.3) is 0 Å². The summed E-state index contributed by atoms with van der Waals surface area (Å²) in [5.41, 5.74) is 7.42.